The van der Waals surface area contributed by atoms with Crippen LogP contribution in [0.15, 0.2) is 0 Å². The van der Waals surface area contributed by atoms with Crippen LogP contribution in [0.5, 0.6) is 0 Å². The molecule has 1 fully saturated rings. The third kappa shape index (κ3) is 3.92. The van der Waals surface area contributed by atoms with Gasteiger partial charge in [-0.3, -0.25) is 14.4 Å². The molecule has 120 valence electrons. The molecule has 0 spiro atoms. The second-order valence-corrected chi connectivity index (χ2v) is 5.64. The van der Waals surface area contributed by atoms with Gasteiger partial charge in [0, 0.05) is 27.1 Å². The number of rotatable bonds is 5. The van der Waals surface area contributed by atoms with Crippen LogP contribution in [-0.2, 0) is 14.4 Å². The molecule has 0 bridgehead atoms. The van der Waals surface area contributed by atoms with E-state index in [-0.39, 0.29) is 25.3 Å². The monoisotopic (exact) mass is 301 g/mol. The number of hydrogen-bond acceptors (Lipinski definition) is 5. The molecule has 0 radical (unpaired) electrons. The fraction of sp³-hybridized carbons (Fsp3) is 0.769. The fourth-order valence-electron chi connectivity index (χ4n) is 2.26. The zero-order valence-electron chi connectivity index (χ0n) is 12.5. The lowest BCUT2D eigenvalue weighted by Crippen LogP contribution is -2.58. The number of amides is 3. The molecule has 0 aromatic rings. The topological polar surface area (TPSA) is 119 Å². The number of hydrogen-bond donors (Lipinski definition) is 4. The Bertz CT molecular complexity index is 424. The Kier molecular flexibility index (Phi) is 5.68. The summed E-state index contributed by atoms with van der Waals surface area (Å²) < 4.78 is 0. The van der Waals surface area contributed by atoms with E-state index < -0.39 is 36.0 Å². The Morgan fingerprint density at radius 2 is 2.10 bits per heavy atom. The van der Waals surface area contributed by atoms with Gasteiger partial charge in [0.15, 0.2) is 0 Å². The first-order valence-corrected chi connectivity index (χ1v) is 6.81. The summed E-state index contributed by atoms with van der Waals surface area (Å²) in [4.78, 5) is 37.1. The number of aliphatic hydroxyl groups excluding tert-OH is 2. The van der Waals surface area contributed by atoms with E-state index in [1.807, 2.05) is 0 Å². The molecule has 1 aliphatic rings. The van der Waals surface area contributed by atoms with Crippen LogP contribution in [0.4, 0.5) is 0 Å². The zero-order chi connectivity index (χ0) is 16.2. The lowest BCUT2D eigenvalue weighted by atomic mass is 9.78. The summed E-state index contributed by atoms with van der Waals surface area (Å²) in [5.41, 5.74) is -1.25. The minimum atomic E-state index is -1.25. The van der Waals surface area contributed by atoms with Gasteiger partial charge in [0.1, 0.15) is 6.04 Å². The van der Waals surface area contributed by atoms with E-state index in [9.17, 15) is 24.6 Å². The van der Waals surface area contributed by atoms with Gasteiger partial charge in [0.25, 0.3) is 0 Å². The predicted octanol–water partition coefficient (Wildman–Crippen LogP) is -2.17. The number of carbonyl (C=O) groups excluding carboxylic acids is 3. The van der Waals surface area contributed by atoms with E-state index in [1.165, 1.54) is 25.9 Å². The predicted molar refractivity (Wildman–Crippen MR) is 74.1 cm³/mol. The van der Waals surface area contributed by atoms with Crippen molar-refractivity contribution in [3.63, 3.8) is 0 Å². The van der Waals surface area contributed by atoms with Crippen molar-refractivity contribution in [2.75, 3.05) is 27.2 Å². The Balaban J connectivity index is 2.89. The second kappa shape index (κ2) is 6.86. The Morgan fingerprint density at radius 3 is 2.52 bits per heavy atom. The quantitative estimate of drug-likeness (QED) is 0.461. The summed E-state index contributed by atoms with van der Waals surface area (Å²) in [7, 11) is 3.03. The van der Waals surface area contributed by atoms with Crippen LogP contribution in [0.25, 0.3) is 0 Å². The maximum absolute atomic E-state index is 12.4. The largest absolute Gasteiger partial charge is 0.395 e. The third-order valence-electron chi connectivity index (χ3n) is 3.68. The highest BCUT2D eigenvalue weighted by molar-refractivity contribution is 5.93. The van der Waals surface area contributed by atoms with E-state index in [4.69, 9.17) is 0 Å². The van der Waals surface area contributed by atoms with Crippen LogP contribution in [0.3, 0.4) is 0 Å². The zero-order valence-corrected chi connectivity index (χ0v) is 12.5. The Hall–Kier alpha value is -1.67. The SMILES string of the molecule is CC(O)C(NC(=O)C1(CO)CCNC(=O)C1)C(=O)N(C)C. The van der Waals surface area contributed by atoms with Crippen LogP contribution < -0.4 is 10.6 Å². The summed E-state index contributed by atoms with van der Waals surface area (Å²) in [5.74, 6) is -1.37. The molecule has 3 unspecified atom stereocenters. The van der Waals surface area contributed by atoms with E-state index in [2.05, 4.69) is 10.6 Å². The van der Waals surface area contributed by atoms with Crippen molar-refractivity contribution in [1.29, 1.82) is 0 Å². The maximum atomic E-state index is 12.4. The first-order valence-electron chi connectivity index (χ1n) is 6.81. The summed E-state index contributed by atoms with van der Waals surface area (Å²) in [6.07, 6.45) is -0.945. The number of carbonyl (C=O) groups is 3. The summed E-state index contributed by atoms with van der Waals surface area (Å²) in [6, 6.07) is -1.11. The van der Waals surface area contributed by atoms with Gasteiger partial charge in [-0.2, -0.15) is 0 Å². The summed E-state index contributed by atoms with van der Waals surface area (Å²) in [5, 5.41) is 24.3. The van der Waals surface area contributed by atoms with Crippen LogP contribution in [0, 0.1) is 5.41 Å². The van der Waals surface area contributed by atoms with Crippen molar-refractivity contribution in [3.05, 3.63) is 0 Å². The summed E-state index contributed by atoms with van der Waals surface area (Å²) >= 11 is 0. The molecule has 1 saturated heterocycles. The molecule has 0 aromatic carbocycles. The first kappa shape index (κ1) is 17.4. The molecular weight excluding hydrogens is 278 g/mol. The van der Waals surface area contributed by atoms with Gasteiger partial charge in [-0.1, -0.05) is 0 Å². The van der Waals surface area contributed by atoms with Gasteiger partial charge in [-0.25, -0.2) is 0 Å². The van der Waals surface area contributed by atoms with E-state index in [0.29, 0.717) is 0 Å². The number of nitrogens with one attached hydrogen (secondary N) is 2. The van der Waals surface area contributed by atoms with Crippen LogP contribution >= 0.6 is 0 Å². The molecule has 1 rings (SSSR count). The van der Waals surface area contributed by atoms with Crippen molar-refractivity contribution in [1.82, 2.24) is 15.5 Å². The van der Waals surface area contributed by atoms with E-state index in [1.54, 1.807) is 0 Å². The molecule has 0 aliphatic carbocycles. The molecule has 3 amide bonds. The van der Waals surface area contributed by atoms with Crippen LogP contribution in [0.2, 0.25) is 0 Å². The minimum absolute atomic E-state index is 0.141. The smallest absolute Gasteiger partial charge is 0.247 e. The lowest BCUT2D eigenvalue weighted by molar-refractivity contribution is -0.146. The van der Waals surface area contributed by atoms with Gasteiger partial charge in [-0.15, -0.1) is 0 Å². The van der Waals surface area contributed by atoms with Crippen molar-refractivity contribution in [2.24, 2.45) is 5.41 Å². The van der Waals surface area contributed by atoms with Crippen molar-refractivity contribution < 1.29 is 24.6 Å². The Labute approximate surface area is 123 Å². The highest BCUT2D eigenvalue weighted by Crippen LogP contribution is 2.29. The van der Waals surface area contributed by atoms with E-state index in [0.717, 1.165) is 0 Å². The molecule has 0 aromatic heterocycles. The molecule has 21 heavy (non-hydrogen) atoms. The number of aliphatic hydroxyl groups is 2. The highest BCUT2D eigenvalue weighted by Gasteiger charge is 2.44. The van der Waals surface area contributed by atoms with Crippen LogP contribution in [0.1, 0.15) is 19.8 Å². The second-order valence-electron chi connectivity index (χ2n) is 5.64. The van der Waals surface area contributed by atoms with Gasteiger partial charge < -0.3 is 25.7 Å². The van der Waals surface area contributed by atoms with Gasteiger partial charge in [0.2, 0.25) is 17.7 Å². The first-order chi connectivity index (χ1) is 9.73. The van der Waals surface area contributed by atoms with Gasteiger partial charge >= 0.3 is 0 Å². The molecule has 1 heterocycles. The molecular formula is C13H23N3O5. The average molecular weight is 301 g/mol. The fourth-order valence-corrected chi connectivity index (χ4v) is 2.26. The van der Waals surface area contributed by atoms with Crippen molar-refractivity contribution in [3.8, 4) is 0 Å². The standard InChI is InChI=1S/C13H23N3O5/c1-8(18)10(11(20)16(2)3)15-12(21)13(7-17)4-5-14-9(19)6-13/h8,10,17-18H,4-7H2,1-3H3,(H,14,19)(H,15,21). The Morgan fingerprint density at radius 1 is 1.48 bits per heavy atom. The minimum Gasteiger partial charge on any atom is -0.395 e. The number of piperidine rings is 1. The molecule has 1 aliphatic heterocycles. The number of likely N-dealkylation sites (N-methyl/N-ethyl adjacent to an activating group) is 1. The van der Waals surface area contributed by atoms with E-state index >= 15 is 0 Å². The molecule has 8 heteroatoms. The maximum Gasteiger partial charge on any atom is 0.247 e. The van der Waals surface area contributed by atoms with Gasteiger partial charge in [-0.05, 0) is 13.3 Å². The number of nitrogens with zero attached hydrogens (tertiary/aromatic N) is 1. The average Bonchev–Trinajstić information content (AvgIpc) is 2.42. The van der Waals surface area contributed by atoms with Crippen molar-refractivity contribution in [2.45, 2.75) is 31.9 Å². The van der Waals surface area contributed by atoms with Crippen LogP contribution in [-0.4, -0.2) is 72.2 Å². The molecule has 4 N–H and O–H groups in total. The molecule has 3 atom stereocenters. The normalized spacial score (nSPS) is 24.7. The van der Waals surface area contributed by atoms with Crippen molar-refractivity contribution >= 4 is 17.7 Å². The summed E-state index contributed by atoms with van der Waals surface area (Å²) in [6.45, 7) is 1.19. The van der Waals surface area contributed by atoms with Gasteiger partial charge in [0.05, 0.1) is 18.1 Å². The lowest BCUT2D eigenvalue weighted by Gasteiger charge is -2.35. The molecule has 8 nitrogen and oxygen atoms in total. The molecule has 0 saturated carbocycles. The highest BCUT2D eigenvalue weighted by atomic mass is 16.3. The third-order valence-corrected chi connectivity index (χ3v) is 3.68.